The summed E-state index contributed by atoms with van der Waals surface area (Å²) >= 11 is 3.97. The first-order chi connectivity index (χ1) is 13.6. The number of ether oxygens (including phenoxy) is 1. The number of fused-ring (bicyclic) bond motifs is 1. The molecule has 6 heteroatoms. The minimum absolute atomic E-state index is 0.00229. The second-order valence-corrected chi connectivity index (χ2v) is 8.76. The van der Waals surface area contributed by atoms with E-state index in [1.165, 1.54) is 0 Å². The third kappa shape index (κ3) is 3.48. The molecule has 1 amide bonds. The molecule has 0 radical (unpaired) electrons. The van der Waals surface area contributed by atoms with E-state index in [9.17, 15) is 9.59 Å². The zero-order valence-corrected chi connectivity index (χ0v) is 18.4. The fourth-order valence-corrected chi connectivity index (χ4v) is 5.95. The van der Waals surface area contributed by atoms with Crippen molar-refractivity contribution in [2.75, 3.05) is 10.2 Å². The smallest absolute Gasteiger partial charge is 0.356 e. The van der Waals surface area contributed by atoms with Crippen LogP contribution in [0.4, 0.5) is 0 Å². The minimum Gasteiger partial charge on any atom is -0.448 e. The summed E-state index contributed by atoms with van der Waals surface area (Å²) in [5, 5.41) is 0.0358. The van der Waals surface area contributed by atoms with Crippen molar-refractivity contribution < 1.29 is 14.3 Å². The van der Waals surface area contributed by atoms with Gasteiger partial charge < -0.3 is 4.74 Å². The van der Waals surface area contributed by atoms with E-state index in [2.05, 4.69) is 22.6 Å². The Morgan fingerprint density at radius 2 is 1.71 bits per heavy atom. The average Bonchev–Trinajstić information content (AvgIpc) is 2.76. The number of hydrogen-bond acceptors (Lipinski definition) is 4. The number of β-lactam (4-membered cyclic amide) rings is 1. The lowest BCUT2D eigenvalue weighted by molar-refractivity contribution is -0.155. The monoisotopic (exact) mass is 505 g/mol. The van der Waals surface area contributed by atoms with Crippen molar-refractivity contribution in [2.45, 2.75) is 18.4 Å². The van der Waals surface area contributed by atoms with Gasteiger partial charge >= 0.3 is 5.97 Å². The summed E-state index contributed by atoms with van der Waals surface area (Å²) in [5.74, 6) is 0.285. The van der Waals surface area contributed by atoms with Crippen LogP contribution in [0.3, 0.4) is 0 Å². The SMILES string of the molecule is CC1C(=O)N2C(C(=O)OC(c3ccccc3)c3ccccc3)=C(CI)CS[C@H]12. The van der Waals surface area contributed by atoms with E-state index < -0.39 is 12.1 Å². The molecule has 0 aromatic heterocycles. The summed E-state index contributed by atoms with van der Waals surface area (Å²) in [5.41, 5.74) is 3.22. The predicted octanol–water partition coefficient (Wildman–Crippen LogP) is 4.56. The molecule has 2 aromatic rings. The number of halogens is 1. The summed E-state index contributed by atoms with van der Waals surface area (Å²) in [6, 6.07) is 19.4. The highest BCUT2D eigenvalue weighted by Gasteiger charge is 2.51. The number of amides is 1. The molecule has 1 saturated heterocycles. The molecule has 28 heavy (non-hydrogen) atoms. The van der Waals surface area contributed by atoms with Crippen molar-refractivity contribution >= 4 is 46.2 Å². The number of esters is 1. The predicted molar refractivity (Wildman–Crippen MR) is 119 cm³/mol. The Labute approximate surface area is 182 Å². The van der Waals surface area contributed by atoms with E-state index in [1.54, 1.807) is 16.7 Å². The maximum atomic E-state index is 13.3. The second-order valence-electron chi connectivity index (χ2n) is 6.89. The first-order valence-electron chi connectivity index (χ1n) is 9.15. The topological polar surface area (TPSA) is 46.6 Å². The molecule has 1 fully saturated rings. The summed E-state index contributed by atoms with van der Waals surface area (Å²) in [4.78, 5) is 27.4. The zero-order chi connectivity index (χ0) is 19.7. The summed E-state index contributed by atoms with van der Waals surface area (Å²) < 4.78 is 6.72. The van der Waals surface area contributed by atoms with Crippen LogP contribution in [0.25, 0.3) is 0 Å². The van der Waals surface area contributed by atoms with Crippen molar-refractivity contribution in [3.05, 3.63) is 83.1 Å². The number of benzene rings is 2. The largest absolute Gasteiger partial charge is 0.448 e. The molecule has 0 saturated carbocycles. The molecule has 1 unspecified atom stereocenters. The van der Waals surface area contributed by atoms with Gasteiger partial charge in [0.25, 0.3) is 0 Å². The molecular formula is C22H20INO3S. The van der Waals surface area contributed by atoms with E-state index in [0.29, 0.717) is 10.1 Å². The summed E-state index contributed by atoms with van der Waals surface area (Å²) in [6.45, 7) is 1.92. The first-order valence-corrected chi connectivity index (χ1v) is 11.7. The van der Waals surface area contributed by atoms with Crippen LogP contribution < -0.4 is 0 Å². The molecule has 4 nitrogen and oxygen atoms in total. The number of hydrogen-bond donors (Lipinski definition) is 0. The number of thioether (sulfide) groups is 1. The van der Waals surface area contributed by atoms with Gasteiger partial charge in [-0.3, -0.25) is 9.69 Å². The number of carbonyl (C=O) groups is 2. The Morgan fingerprint density at radius 1 is 1.14 bits per heavy atom. The van der Waals surface area contributed by atoms with Gasteiger partial charge in [0.2, 0.25) is 5.91 Å². The molecule has 4 rings (SSSR count). The number of alkyl halides is 1. The van der Waals surface area contributed by atoms with Crippen LogP contribution in [0.5, 0.6) is 0 Å². The second kappa shape index (κ2) is 8.29. The van der Waals surface area contributed by atoms with Crippen molar-refractivity contribution in [1.29, 1.82) is 0 Å². The van der Waals surface area contributed by atoms with E-state index in [4.69, 9.17) is 4.74 Å². The quantitative estimate of drug-likeness (QED) is 0.259. The Balaban J connectivity index is 1.68. The van der Waals surface area contributed by atoms with Crippen LogP contribution in [-0.4, -0.2) is 32.3 Å². The standard InChI is InChI=1S/C22H20INO3S/c1-14-20(25)24-18(17(12-23)13-28-21(14)24)22(26)27-19(15-8-4-2-5-9-15)16-10-6-3-7-11-16/h2-11,14,19,21H,12-13H2,1H3/t14?,21-/m1/s1. The zero-order valence-electron chi connectivity index (χ0n) is 15.4. The Morgan fingerprint density at radius 3 is 2.25 bits per heavy atom. The summed E-state index contributed by atoms with van der Waals surface area (Å²) in [6.07, 6.45) is -0.514. The molecule has 0 bridgehead atoms. The third-order valence-corrected chi connectivity index (χ3v) is 7.49. The Hall–Kier alpha value is -1.80. The van der Waals surface area contributed by atoms with E-state index in [-0.39, 0.29) is 17.2 Å². The van der Waals surface area contributed by atoms with Crippen molar-refractivity contribution in [1.82, 2.24) is 4.90 Å². The van der Waals surface area contributed by atoms with Crippen LogP contribution in [0, 0.1) is 5.92 Å². The number of carbonyl (C=O) groups excluding carboxylic acids is 2. The lowest BCUT2D eigenvalue weighted by Crippen LogP contribution is -2.60. The molecule has 144 valence electrons. The molecule has 2 aromatic carbocycles. The van der Waals surface area contributed by atoms with Crippen LogP contribution in [0.2, 0.25) is 0 Å². The third-order valence-electron chi connectivity index (χ3n) is 5.10. The van der Waals surface area contributed by atoms with Gasteiger partial charge in [0.05, 0.1) is 11.3 Å². The Bertz CT molecular complexity index is 876. The fourth-order valence-electron chi connectivity index (χ4n) is 3.58. The van der Waals surface area contributed by atoms with E-state index in [1.807, 2.05) is 67.6 Å². The lowest BCUT2D eigenvalue weighted by atomic mass is 9.97. The Kier molecular flexibility index (Phi) is 5.78. The minimum atomic E-state index is -0.514. The van der Waals surface area contributed by atoms with Crippen LogP contribution in [0.1, 0.15) is 24.2 Å². The van der Waals surface area contributed by atoms with Crippen molar-refractivity contribution in [3.63, 3.8) is 0 Å². The highest BCUT2D eigenvalue weighted by Crippen LogP contribution is 2.44. The summed E-state index contributed by atoms with van der Waals surface area (Å²) in [7, 11) is 0. The maximum absolute atomic E-state index is 13.3. The van der Waals surface area contributed by atoms with Gasteiger partial charge in [-0.05, 0) is 16.7 Å². The van der Waals surface area contributed by atoms with Crippen LogP contribution >= 0.6 is 34.4 Å². The number of nitrogens with zero attached hydrogens (tertiary/aromatic N) is 1. The van der Waals surface area contributed by atoms with Gasteiger partial charge in [0.1, 0.15) is 5.70 Å². The van der Waals surface area contributed by atoms with Gasteiger partial charge in [0.15, 0.2) is 6.10 Å². The van der Waals surface area contributed by atoms with Gasteiger partial charge in [0, 0.05) is 10.2 Å². The maximum Gasteiger partial charge on any atom is 0.356 e. The molecule has 0 aliphatic carbocycles. The average molecular weight is 505 g/mol. The lowest BCUT2D eigenvalue weighted by Gasteiger charge is -2.48. The molecule has 2 heterocycles. The van der Waals surface area contributed by atoms with Crippen molar-refractivity contribution in [2.24, 2.45) is 5.92 Å². The van der Waals surface area contributed by atoms with Crippen molar-refractivity contribution in [3.8, 4) is 0 Å². The molecular weight excluding hydrogens is 485 g/mol. The van der Waals surface area contributed by atoms with Gasteiger partial charge in [-0.1, -0.05) is 90.2 Å². The van der Waals surface area contributed by atoms with E-state index in [0.717, 1.165) is 22.5 Å². The van der Waals surface area contributed by atoms with Gasteiger partial charge in [-0.2, -0.15) is 0 Å². The van der Waals surface area contributed by atoms with Gasteiger partial charge in [-0.15, -0.1) is 11.8 Å². The first kappa shape index (κ1) is 19.5. The molecule has 0 N–H and O–H groups in total. The fraction of sp³-hybridized carbons (Fsp3) is 0.273. The molecule has 2 aliphatic rings. The van der Waals surface area contributed by atoms with E-state index >= 15 is 0 Å². The molecule has 2 atom stereocenters. The number of rotatable bonds is 5. The molecule has 0 spiro atoms. The van der Waals surface area contributed by atoms with Crippen LogP contribution in [0.15, 0.2) is 71.9 Å². The normalized spacial score (nSPS) is 21.4. The molecule has 2 aliphatic heterocycles. The van der Waals surface area contributed by atoms with Crippen LogP contribution in [-0.2, 0) is 14.3 Å². The highest BCUT2D eigenvalue weighted by atomic mass is 127. The highest BCUT2D eigenvalue weighted by molar-refractivity contribution is 14.1. The van der Waals surface area contributed by atoms with Gasteiger partial charge in [-0.25, -0.2) is 4.79 Å².